The van der Waals surface area contributed by atoms with E-state index < -0.39 is 23.2 Å². The molecular formula is C26H28N2O4. The van der Waals surface area contributed by atoms with Crippen LogP contribution in [0.25, 0.3) is 10.9 Å². The van der Waals surface area contributed by atoms with Gasteiger partial charge in [0.2, 0.25) is 5.54 Å². The smallest absolute Gasteiger partial charge is 0.409 e. The highest BCUT2D eigenvalue weighted by Gasteiger charge is 2.46. The number of hydrogen-bond acceptors (Lipinski definition) is 4. The second-order valence-corrected chi connectivity index (χ2v) is 8.38. The number of aromatic amines is 1. The number of para-hydroxylation sites is 1. The van der Waals surface area contributed by atoms with Crippen LogP contribution in [0, 0.1) is 18.8 Å². The van der Waals surface area contributed by atoms with Crippen molar-refractivity contribution in [2.24, 2.45) is 0 Å². The molecule has 0 spiro atoms. The van der Waals surface area contributed by atoms with Gasteiger partial charge in [-0.2, -0.15) is 0 Å². The molecule has 3 aromatic rings. The van der Waals surface area contributed by atoms with Crippen molar-refractivity contribution in [3.05, 3.63) is 71.4 Å². The van der Waals surface area contributed by atoms with Gasteiger partial charge in [-0.05, 0) is 52.8 Å². The molecule has 0 bridgehead atoms. The molecule has 2 aromatic carbocycles. The van der Waals surface area contributed by atoms with Crippen LogP contribution in [-0.2, 0) is 19.8 Å². The van der Waals surface area contributed by atoms with E-state index >= 15 is 0 Å². The first kappa shape index (κ1) is 23.0. The summed E-state index contributed by atoms with van der Waals surface area (Å²) in [5.74, 6) is 5.39. The number of amides is 1. The first-order valence-electron chi connectivity index (χ1n) is 10.5. The molecule has 32 heavy (non-hydrogen) atoms. The summed E-state index contributed by atoms with van der Waals surface area (Å²) in [6, 6.07) is 16.8. The summed E-state index contributed by atoms with van der Waals surface area (Å²) >= 11 is 0. The Labute approximate surface area is 188 Å². The molecule has 1 atom stereocenters. The summed E-state index contributed by atoms with van der Waals surface area (Å²) < 4.78 is 10.9. The first-order chi connectivity index (χ1) is 15.2. The van der Waals surface area contributed by atoms with Gasteiger partial charge in [0.25, 0.3) is 0 Å². The zero-order valence-electron chi connectivity index (χ0n) is 19.0. The molecule has 0 radical (unpaired) electrons. The third-order valence-electron chi connectivity index (χ3n) is 4.71. The van der Waals surface area contributed by atoms with Gasteiger partial charge >= 0.3 is 12.1 Å². The molecule has 0 aliphatic carbocycles. The van der Waals surface area contributed by atoms with E-state index in [-0.39, 0.29) is 6.61 Å². The Balaban J connectivity index is 2.27. The second kappa shape index (κ2) is 9.19. The molecule has 6 nitrogen and oxygen atoms in total. The lowest BCUT2D eigenvalue weighted by atomic mass is 9.87. The van der Waals surface area contributed by atoms with Gasteiger partial charge in [-0.3, -0.25) is 5.32 Å². The largest absolute Gasteiger partial charge is 0.463 e. The van der Waals surface area contributed by atoms with Gasteiger partial charge in [0.1, 0.15) is 5.60 Å². The molecule has 166 valence electrons. The number of carbonyl (C=O) groups is 2. The summed E-state index contributed by atoms with van der Waals surface area (Å²) in [6.45, 7) is 8.94. The Morgan fingerprint density at radius 3 is 2.34 bits per heavy atom. The summed E-state index contributed by atoms with van der Waals surface area (Å²) in [7, 11) is 0. The zero-order chi connectivity index (χ0) is 23.4. The highest BCUT2D eigenvalue weighted by molar-refractivity contribution is 5.98. The zero-order valence-corrected chi connectivity index (χ0v) is 19.0. The topological polar surface area (TPSA) is 80.4 Å². The van der Waals surface area contributed by atoms with Gasteiger partial charge in [-0.1, -0.05) is 48.2 Å². The number of aryl methyl sites for hydroxylation is 1. The molecule has 0 fully saturated rings. The molecule has 3 rings (SSSR count). The number of esters is 1. The van der Waals surface area contributed by atoms with Gasteiger partial charge in [-0.15, -0.1) is 0 Å². The van der Waals surface area contributed by atoms with E-state index in [9.17, 15) is 9.59 Å². The number of carbonyl (C=O) groups excluding carboxylic acids is 2. The number of rotatable bonds is 4. The van der Waals surface area contributed by atoms with E-state index in [1.165, 1.54) is 0 Å². The Bertz CT molecular complexity index is 1180. The van der Waals surface area contributed by atoms with Gasteiger partial charge in [0.15, 0.2) is 0 Å². The molecule has 0 aliphatic heterocycles. The van der Waals surface area contributed by atoms with Crippen LogP contribution in [0.2, 0.25) is 0 Å². The molecule has 1 amide bonds. The van der Waals surface area contributed by atoms with Gasteiger partial charge < -0.3 is 14.5 Å². The minimum atomic E-state index is -1.78. The third kappa shape index (κ3) is 4.94. The van der Waals surface area contributed by atoms with Crippen molar-refractivity contribution in [1.82, 2.24) is 10.3 Å². The van der Waals surface area contributed by atoms with Gasteiger partial charge in [0.05, 0.1) is 6.61 Å². The predicted molar refractivity (Wildman–Crippen MR) is 124 cm³/mol. The molecule has 1 unspecified atom stereocenters. The minimum absolute atomic E-state index is 0.130. The normalized spacial score (nSPS) is 12.9. The van der Waals surface area contributed by atoms with Crippen LogP contribution in [0.15, 0.2) is 54.6 Å². The van der Waals surface area contributed by atoms with Crippen molar-refractivity contribution in [2.75, 3.05) is 6.61 Å². The second-order valence-electron chi connectivity index (χ2n) is 8.38. The van der Waals surface area contributed by atoms with Gasteiger partial charge in [0, 0.05) is 27.7 Å². The Hall–Kier alpha value is -3.72. The van der Waals surface area contributed by atoms with Crippen LogP contribution < -0.4 is 5.32 Å². The molecule has 0 aliphatic rings. The standard InChI is InChI=1S/C26H28N2O4/c1-6-31-23(29)26(28-24(30)32-25(3,4)5,17-16-19-12-8-7-9-13-19)22-18(2)27-21-15-11-10-14-20(21)22/h7-15,27H,6H2,1-5H3,(H,28,30). The summed E-state index contributed by atoms with van der Waals surface area (Å²) in [4.78, 5) is 29.7. The summed E-state index contributed by atoms with van der Waals surface area (Å²) in [5, 5.41) is 3.51. The van der Waals surface area contributed by atoms with Crippen LogP contribution in [-0.4, -0.2) is 29.3 Å². The number of H-pyrrole nitrogens is 1. The van der Waals surface area contributed by atoms with Crippen molar-refractivity contribution >= 4 is 23.0 Å². The molecule has 2 N–H and O–H groups in total. The number of fused-ring (bicyclic) bond motifs is 1. The van der Waals surface area contributed by atoms with Crippen LogP contribution in [0.5, 0.6) is 0 Å². The Morgan fingerprint density at radius 1 is 1.03 bits per heavy atom. The highest BCUT2D eigenvalue weighted by atomic mass is 16.6. The SMILES string of the molecule is CCOC(=O)C(C#Cc1ccccc1)(NC(=O)OC(C)(C)C)c1c(C)[nH]c2ccccc12. The highest BCUT2D eigenvalue weighted by Crippen LogP contribution is 2.34. The number of hydrogen-bond donors (Lipinski definition) is 2. The summed E-state index contributed by atoms with van der Waals surface area (Å²) in [6.07, 6.45) is -0.766. The maximum absolute atomic E-state index is 13.5. The monoisotopic (exact) mass is 432 g/mol. The number of alkyl carbamates (subject to hydrolysis) is 1. The number of aromatic nitrogens is 1. The Kier molecular flexibility index (Phi) is 6.59. The Morgan fingerprint density at radius 2 is 1.69 bits per heavy atom. The van der Waals surface area contributed by atoms with Crippen molar-refractivity contribution in [3.8, 4) is 11.8 Å². The average molecular weight is 433 g/mol. The lowest BCUT2D eigenvalue weighted by molar-refractivity contribution is -0.149. The fourth-order valence-electron chi connectivity index (χ4n) is 3.50. The van der Waals surface area contributed by atoms with E-state index in [4.69, 9.17) is 9.47 Å². The minimum Gasteiger partial charge on any atom is -0.463 e. The van der Waals surface area contributed by atoms with Crippen LogP contribution in [0.3, 0.4) is 0 Å². The maximum Gasteiger partial charge on any atom is 0.409 e. The lowest BCUT2D eigenvalue weighted by Crippen LogP contribution is -2.53. The molecule has 6 heteroatoms. The van der Waals surface area contributed by atoms with Crippen molar-refractivity contribution < 1.29 is 19.1 Å². The summed E-state index contributed by atoms with van der Waals surface area (Å²) in [5.41, 5.74) is 0.203. The fourth-order valence-corrected chi connectivity index (χ4v) is 3.50. The van der Waals surface area contributed by atoms with E-state index in [1.807, 2.05) is 61.5 Å². The first-order valence-corrected chi connectivity index (χ1v) is 10.5. The van der Waals surface area contributed by atoms with E-state index in [1.54, 1.807) is 27.7 Å². The predicted octanol–water partition coefficient (Wildman–Crippen LogP) is 4.81. The molecular weight excluding hydrogens is 404 g/mol. The maximum atomic E-state index is 13.5. The van der Waals surface area contributed by atoms with Crippen molar-refractivity contribution in [2.45, 2.75) is 45.8 Å². The van der Waals surface area contributed by atoms with Crippen LogP contribution in [0.4, 0.5) is 4.79 Å². The number of benzene rings is 2. The van der Waals surface area contributed by atoms with Crippen LogP contribution in [0.1, 0.15) is 44.5 Å². The van der Waals surface area contributed by atoms with Crippen molar-refractivity contribution in [1.29, 1.82) is 0 Å². The lowest BCUT2D eigenvalue weighted by Gasteiger charge is -2.30. The van der Waals surface area contributed by atoms with Gasteiger partial charge in [-0.25, -0.2) is 9.59 Å². The number of nitrogens with one attached hydrogen (secondary N) is 2. The van der Waals surface area contributed by atoms with Crippen molar-refractivity contribution in [3.63, 3.8) is 0 Å². The molecule has 0 saturated carbocycles. The third-order valence-corrected chi connectivity index (χ3v) is 4.71. The molecule has 1 aromatic heterocycles. The molecule has 0 saturated heterocycles. The van der Waals surface area contributed by atoms with E-state index in [0.717, 1.165) is 10.9 Å². The quantitative estimate of drug-likeness (QED) is 0.458. The van der Waals surface area contributed by atoms with Crippen LogP contribution >= 0.6 is 0 Å². The van der Waals surface area contributed by atoms with E-state index in [2.05, 4.69) is 22.1 Å². The van der Waals surface area contributed by atoms with E-state index in [0.29, 0.717) is 16.8 Å². The fraction of sp³-hybridized carbons (Fsp3) is 0.308. The number of ether oxygens (including phenoxy) is 2. The average Bonchev–Trinajstić information content (AvgIpc) is 3.07. The molecule has 1 heterocycles.